The van der Waals surface area contributed by atoms with E-state index in [0.717, 1.165) is 12.3 Å². The summed E-state index contributed by atoms with van der Waals surface area (Å²) >= 11 is 0. The molecule has 1 aliphatic carbocycles. The van der Waals surface area contributed by atoms with Gasteiger partial charge in [0.15, 0.2) is 0 Å². The molecule has 0 saturated heterocycles. The Morgan fingerprint density at radius 2 is 2.28 bits per heavy atom. The van der Waals surface area contributed by atoms with Crippen LogP contribution in [0, 0.1) is 5.92 Å². The first-order chi connectivity index (χ1) is 8.76. The smallest absolute Gasteiger partial charge is 0.0312 e. The Morgan fingerprint density at radius 1 is 1.44 bits per heavy atom. The molecule has 2 atom stereocenters. The zero-order chi connectivity index (χ0) is 13.0. The van der Waals surface area contributed by atoms with Crippen molar-refractivity contribution in [1.82, 2.24) is 4.57 Å². The van der Waals surface area contributed by atoms with Crippen LogP contribution >= 0.6 is 0 Å². The van der Waals surface area contributed by atoms with E-state index in [0.29, 0.717) is 0 Å². The molecule has 2 nitrogen and oxygen atoms in total. The van der Waals surface area contributed by atoms with E-state index in [1.807, 2.05) is 0 Å². The highest BCUT2D eigenvalue weighted by molar-refractivity contribution is 5.28. The van der Waals surface area contributed by atoms with Gasteiger partial charge in [-0.2, -0.15) is 0 Å². The van der Waals surface area contributed by atoms with Gasteiger partial charge >= 0.3 is 0 Å². The molecule has 102 valence electrons. The summed E-state index contributed by atoms with van der Waals surface area (Å²) < 4.78 is 2.48. The van der Waals surface area contributed by atoms with Crippen molar-refractivity contribution in [2.24, 2.45) is 11.7 Å². The molecule has 0 amide bonds. The van der Waals surface area contributed by atoms with Crippen molar-refractivity contribution in [3.05, 3.63) is 23.5 Å². The van der Waals surface area contributed by atoms with Crippen molar-refractivity contribution in [3.63, 3.8) is 0 Å². The van der Waals surface area contributed by atoms with Gasteiger partial charge in [0.25, 0.3) is 0 Å². The summed E-state index contributed by atoms with van der Waals surface area (Å²) in [5.74, 6) is 0.833. The van der Waals surface area contributed by atoms with Crippen LogP contribution in [0.4, 0.5) is 0 Å². The van der Waals surface area contributed by atoms with Crippen LogP contribution in [0.5, 0.6) is 0 Å². The molecule has 0 saturated carbocycles. The van der Waals surface area contributed by atoms with Crippen LogP contribution in [0.3, 0.4) is 0 Å². The lowest BCUT2D eigenvalue weighted by Gasteiger charge is -2.23. The second-order valence-corrected chi connectivity index (χ2v) is 5.79. The summed E-state index contributed by atoms with van der Waals surface area (Å²) in [6.45, 7) is 5.80. The van der Waals surface area contributed by atoms with E-state index in [1.54, 1.807) is 0 Å². The molecular weight excluding hydrogens is 220 g/mol. The minimum atomic E-state index is 0.283. The summed E-state index contributed by atoms with van der Waals surface area (Å²) in [5, 5.41) is 0. The van der Waals surface area contributed by atoms with Gasteiger partial charge in [-0.3, -0.25) is 0 Å². The van der Waals surface area contributed by atoms with Gasteiger partial charge in [0.2, 0.25) is 0 Å². The van der Waals surface area contributed by atoms with Gasteiger partial charge < -0.3 is 10.3 Å². The lowest BCUT2D eigenvalue weighted by molar-refractivity contribution is 0.382. The van der Waals surface area contributed by atoms with Gasteiger partial charge in [0, 0.05) is 24.5 Å². The van der Waals surface area contributed by atoms with Crippen molar-refractivity contribution >= 4 is 0 Å². The van der Waals surface area contributed by atoms with E-state index >= 15 is 0 Å². The van der Waals surface area contributed by atoms with E-state index in [2.05, 4.69) is 30.7 Å². The highest BCUT2D eigenvalue weighted by Crippen LogP contribution is 2.29. The first kappa shape index (κ1) is 13.7. The molecule has 1 aromatic rings. The fourth-order valence-electron chi connectivity index (χ4n) is 3.16. The van der Waals surface area contributed by atoms with E-state index < -0.39 is 0 Å². The molecule has 0 bridgehead atoms. The standard InChI is InChI=1S/C16H28N2/c1-3-5-7-13(4-2)12-18-11-10-14-15(17)8-6-9-16(14)18/h10-11,13,15H,3-9,12,17H2,1-2H3. The van der Waals surface area contributed by atoms with Gasteiger partial charge in [-0.05, 0) is 43.2 Å². The molecule has 2 unspecified atom stereocenters. The molecule has 0 fully saturated rings. The lowest BCUT2D eigenvalue weighted by Crippen LogP contribution is -2.19. The Bertz CT molecular complexity index is 367. The van der Waals surface area contributed by atoms with E-state index in [4.69, 9.17) is 5.73 Å². The largest absolute Gasteiger partial charge is 0.351 e. The maximum Gasteiger partial charge on any atom is 0.0312 e. The predicted octanol–water partition coefficient (Wildman–Crippen LogP) is 4.04. The molecule has 1 heterocycles. The SMILES string of the molecule is CCCCC(CC)Cn1ccc2c1CCCC2N. The molecule has 1 aliphatic rings. The van der Waals surface area contributed by atoms with Crippen molar-refractivity contribution < 1.29 is 0 Å². The van der Waals surface area contributed by atoms with Gasteiger partial charge in [-0.15, -0.1) is 0 Å². The van der Waals surface area contributed by atoms with Crippen LogP contribution in [0.2, 0.25) is 0 Å². The minimum Gasteiger partial charge on any atom is -0.351 e. The number of rotatable bonds is 6. The van der Waals surface area contributed by atoms with Crippen LogP contribution in [0.15, 0.2) is 12.3 Å². The number of nitrogens with two attached hydrogens (primary N) is 1. The summed E-state index contributed by atoms with van der Waals surface area (Å²) in [5.41, 5.74) is 9.12. The zero-order valence-corrected chi connectivity index (χ0v) is 12.0. The molecule has 2 rings (SSSR count). The fourth-order valence-corrected chi connectivity index (χ4v) is 3.16. The highest BCUT2D eigenvalue weighted by atomic mass is 15.0. The van der Waals surface area contributed by atoms with Crippen LogP contribution in [-0.2, 0) is 13.0 Å². The lowest BCUT2D eigenvalue weighted by atomic mass is 9.93. The normalized spacial score (nSPS) is 20.7. The molecule has 0 radical (unpaired) electrons. The summed E-state index contributed by atoms with van der Waals surface area (Å²) in [4.78, 5) is 0. The first-order valence-electron chi connectivity index (χ1n) is 7.69. The monoisotopic (exact) mass is 248 g/mol. The summed E-state index contributed by atoms with van der Waals surface area (Å²) in [6.07, 6.45) is 11.2. The Balaban J connectivity index is 2.04. The molecule has 2 N–H and O–H groups in total. The summed E-state index contributed by atoms with van der Waals surface area (Å²) in [6, 6.07) is 2.54. The van der Waals surface area contributed by atoms with E-state index in [1.165, 1.54) is 56.3 Å². The third-order valence-corrected chi connectivity index (χ3v) is 4.44. The molecule has 1 aromatic heterocycles. The number of unbranched alkanes of at least 4 members (excludes halogenated alkanes) is 1. The number of hydrogen-bond donors (Lipinski definition) is 1. The summed E-state index contributed by atoms with van der Waals surface area (Å²) in [7, 11) is 0. The van der Waals surface area contributed by atoms with Gasteiger partial charge in [-0.1, -0.05) is 33.1 Å². The van der Waals surface area contributed by atoms with Gasteiger partial charge in [-0.25, -0.2) is 0 Å². The van der Waals surface area contributed by atoms with Crippen LogP contribution in [0.25, 0.3) is 0 Å². The van der Waals surface area contributed by atoms with Gasteiger partial charge in [0.1, 0.15) is 0 Å². The third kappa shape index (κ3) is 2.97. The highest BCUT2D eigenvalue weighted by Gasteiger charge is 2.20. The number of fused-ring (bicyclic) bond motifs is 1. The van der Waals surface area contributed by atoms with E-state index in [-0.39, 0.29) is 6.04 Å². The fraction of sp³-hybridized carbons (Fsp3) is 0.750. The third-order valence-electron chi connectivity index (χ3n) is 4.44. The van der Waals surface area contributed by atoms with Crippen LogP contribution < -0.4 is 5.73 Å². The minimum absolute atomic E-state index is 0.283. The topological polar surface area (TPSA) is 30.9 Å². The number of aromatic nitrogens is 1. The van der Waals surface area contributed by atoms with E-state index in [9.17, 15) is 0 Å². The van der Waals surface area contributed by atoms with Crippen LogP contribution in [-0.4, -0.2) is 4.57 Å². The van der Waals surface area contributed by atoms with Crippen molar-refractivity contribution in [2.45, 2.75) is 71.4 Å². The Labute approximate surface area is 112 Å². The Hall–Kier alpha value is -0.760. The van der Waals surface area contributed by atoms with Crippen LogP contribution in [0.1, 0.15) is 69.7 Å². The van der Waals surface area contributed by atoms with Crippen molar-refractivity contribution in [2.75, 3.05) is 0 Å². The van der Waals surface area contributed by atoms with Crippen molar-refractivity contribution in [1.29, 1.82) is 0 Å². The molecule has 2 heteroatoms. The number of hydrogen-bond acceptors (Lipinski definition) is 1. The Morgan fingerprint density at radius 3 is 3.00 bits per heavy atom. The maximum atomic E-state index is 6.19. The number of nitrogens with zero attached hydrogens (tertiary/aromatic N) is 1. The molecule has 18 heavy (non-hydrogen) atoms. The molecule has 0 aliphatic heterocycles. The predicted molar refractivity (Wildman–Crippen MR) is 77.6 cm³/mol. The molecule has 0 spiro atoms. The van der Waals surface area contributed by atoms with Gasteiger partial charge in [0.05, 0.1) is 0 Å². The Kier molecular flexibility index (Phi) is 4.87. The average Bonchev–Trinajstić information content (AvgIpc) is 2.79. The second kappa shape index (κ2) is 6.42. The van der Waals surface area contributed by atoms with Crippen molar-refractivity contribution in [3.8, 4) is 0 Å². The second-order valence-electron chi connectivity index (χ2n) is 5.79. The quantitative estimate of drug-likeness (QED) is 0.809. The zero-order valence-electron chi connectivity index (χ0n) is 12.0. The molecule has 0 aromatic carbocycles. The average molecular weight is 248 g/mol. The molecular formula is C16H28N2. The maximum absolute atomic E-state index is 6.19. The first-order valence-corrected chi connectivity index (χ1v) is 7.69.